The molecule has 0 aromatic rings. The van der Waals surface area contributed by atoms with Crippen molar-refractivity contribution in [2.45, 2.75) is 54.8 Å². The molecule has 0 saturated carbocycles. The van der Waals surface area contributed by atoms with Gasteiger partial charge in [0, 0.05) is 0 Å². The van der Waals surface area contributed by atoms with E-state index in [-0.39, 0.29) is 0 Å². The Morgan fingerprint density at radius 2 is 1.39 bits per heavy atom. The molecule has 23 heavy (non-hydrogen) atoms. The second kappa shape index (κ2) is 7.21. The van der Waals surface area contributed by atoms with Gasteiger partial charge in [-0.1, -0.05) is 0 Å². The zero-order chi connectivity index (χ0) is 17.4. The summed E-state index contributed by atoms with van der Waals surface area (Å²) in [5.74, 6) is -2.22. The summed E-state index contributed by atoms with van der Waals surface area (Å²) >= 11 is 0. The zero-order valence-electron chi connectivity index (χ0n) is 12.0. The molecule has 0 aromatic carbocycles. The summed E-state index contributed by atoms with van der Waals surface area (Å²) in [5, 5.41) is 76.7. The average molecular weight is 342 g/mol. The van der Waals surface area contributed by atoms with E-state index >= 15 is 0 Å². The number of aliphatic hydroxyl groups is 8. The van der Waals surface area contributed by atoms with Crippen LogP contribution < -0.4 is 0 Å². The molecule has 2 heterocycles. The number of rotatable bonds is 5. The van der Waals surface area contributed by atoms with Crippen LogP contribution in [-0.4, -0.2) is 115 Å². The summed E-state index contributed by atoms with van der Waals surface area (Å²) in [6, 6.07) is 0. The smallest absolute Gasteiger partial charge is 0.224 e. The fraction of sp³-hybridized carbons (Fsp3) is 1.00. The first kappa shape index (κ1) is 18.9. The molecule has 2 aliphatic heterocycles. The van der Waals surface area contributed by atoms with Gasteiger partial charge in [-0.15, -0.1) is 0 Å². The maximum atomic E-state index is 10.00. The van der Waals surface area contributed by atoms with Crippen LogP contribution in [0.2, 0.25) is 0 Å². The highest BCUT2D eigenvalue weighted by Gasteiger charge is 2.58. The van der Waals surface area contributed by atoms with E-state index in [1.807, 2.05) is 0 Å². The Kier molecular flexibility index (Phi) is 5.92. The van der Waals surface area contributed by atoms with E-state index in [1.54, 1.807) is 0 Å². The van der Waals surface area contributed by atoms with Crippen molar-refractivity contribution in [2.24, 2.45) is 0 Å². The first-order valence-electron chi connectivity index (χ1n) is 7.05. The highest BCUT2D eigenvalue weighted by Crippen LogP contribution is 2.35. The second-order valence-corrected chi connectivity index (χ2v) is 5.56. The fourth-order valence-electron chi connectivity index (χ4n) is 2.63. The van der Waals surface area contributed by atoms with E-state index in [0.717, 1.165) is 0 Å². The zero-order valence-corrected chi connectivity index (χ0v) is 12.0. The van der Waals surface area contributed by atoms with Crippen molar-refractivity contribution in [1.29, 1.82) is 0 Å². The predicted molar refractivity (Wildman–Crippen MR) is 68.6 cm³/mol. The molecule has 2 fully saturated rings. The van der Waals surface area contributed by atoms with Gasteiger partial charge in [-0.3, -0.25) is 0 Å². The molecule has 136 valence electrons. The van der Waals surface area contributed by atoms with Crippen molar-refractivity contribution in [2.75, 3.05) is 19.8 Å². The number of ether oxygens (including phenoxy) is 3. The first-order valence-corrected chi connectivity index (χ1v) is 7.05. The van der Waals surface area contributed by atoms with Crippen molar-refractivity contribution < 1.29 is 55.1 Å². The maximum absolute atomic E-state index is 10.00. The van der Waals surface area contributed by atoms with Crippen LogP contribution >= 0.6 is 0 Å². The van der Waals surface area contributed by atoms with E-state index in [2.05, 4.69) is 0 Å². The van der Waals surface area contributed by atoms with Gasteiger partial charge in [-0.05, 0) is 0 Å². The topological polar surface area (TPSA) is 190 Å². The fourth-order valence-corrected chi connectivity index (χ4v) is 2.63. The third-order valence-electron chi connectivity index (χ3n) is 4.07. The molecule has 0 aliphatic carbocycles. The van der Waals surface area contributed by atoms with Gasteiger partial charge in [-0.2, -0.15) is 0 Å². The lowest BCUT2D eigenvalue weighted by Crippen LogP contribution is -2.62. The molecule has 1 unspecified atom stereocenters. The van der Waals surface area contributed by atoms with Crippen LogP contribution in [0.4, 0.5) is 0 Å². The van der Waals surface area contributed by atoms with Crippen LogP contribution in [0.3, 0.4) is 0 Å². The van der Waals surface area contributed by atoms with Crippen molar-refractivity contribution in [1.82, 2.24) is 0 Å². The van der Waals surface area contributed by atoms with Crippen LogP contribution in [0.5, 0.6) is 0 Å². The summed E-state index contributed by atoms with van der Waals surface area (Å²) in [7, 11) is 0. The Labute approximate surface area is 130 Å². The summed E-state index contributed by atoms with van der Waals surface area (Å²) < 4.78 is 15.4. The minimum absolute atomic E-state index is 0.669. The number of aliphatic hydroxyl groups excluding tert-OH is 8. The van der Waals surface area contributed by atoms with Crippen LogP contribution in [0.15, 0.2) is 0 Å². The first-order chi connectivity index (χ1) is 10.8. The molecule has 0 amide bonds. The summed E-state index contributed by atoms with van der Waals surface area (Å²) in [4.78, 5) is 0. The quantitative estimate of drug-likeness (QED) is 0.238. The third kappa shape index (κ3) is 3.23. The third-order valence-corrected chi connectivity index (χ3v) is 4.07. The van der Waals surface area contributed by atoms with Crippen molar-refractivity contribution in [3.8, 4) is 0 Å². The van der Waals surface area contributed by atoms with Crippen LogP contribution in [0, 0.1) is 0 Å². The molecule has 0 aromatic heterocycles. The summed E-state index contributed by atoms with van der Waals surface area (Å²) in [6.45, 7) is -2.32. The molecule has 2 rings (SSSR count). The lowest BCUT2D eigenvalue weighted by molar-refractivity contribution is -0.383. The standard InChI is InChI=1S/C12H22O11/c13-1-4-6(16)8(18)9(19)11(21-4)23-12(3-15)10(20)7(17)5(2-14)22-12/h4-11,13-20H,1-3H2/t4-,5+,6-,7+,8+,9-,10-,11?,12+/m0/s1. The molecule has 11 heteroatoms. The molecule has 0 radical (unpaired) electrons. The Morgan fingerprint density at radius 3 is 1.87 bits per heavy atom. The van der Waals surface area contributed by atoms with Gasteiger partial charge >= 0.3 is 0 Å². The van der Waals surface area contributed by atoms with E-state index in [9.17, 15) is 30.6 Å². The number of hydrogen-bond acceptors (Lipinski definition) is 11. The second-order valence-electron chi connectivity index (χ2n) is 5.56. The summed E-state index contributed by atoms with van der Waals surface area (Å²) in [6.07, 6.45) is -12.7. The molecule has 2 saturated heterocycles. The van der Waals surface area contributed by atoms with Crippen molar-refractivity contribution >= 4 is 0 Å². The van der Waals surface area contributed by atoms with Gasteiger partial charge in [0.1, 0.15) is 49.3 Å². The SMILES string of the molecule is OC[C@@H]1OC(O[C@@]2(CO)O[C@H](CO)[C@@H](O)[C@@H]2O)[C@@H](O)[C@H](O)[C@H]1O. The van der Waals surface area contributed by atoms with E-state index in [0.29, 0.717) is 0 Å². The van der Waals surface area contributed by atoms with Crippen LogP contribution in [0.25, 0.3) is 0 Å². The monoisotopic (exact) mass is 342 g/mol. The average Bonchev–Trinajstić information content (AvgIpc) is 2.80. The van der Waals surface area contributed by atoms with Crippen molar-refractivity contribution in [3.05, 3.63) is 0 Å². The van der Waals surface area contributed by atoms with Gasteiger partial charge in [-0.25, -0.2) is 0 Å². The molecular formula is C12H22O11. The van der Waals surface area contributed by atoms with Crippen molar-refractivity contribution in [3.63, 3.8) is 0 Å². The lowest BCUT2D eigenvalue weighted by Gasteiger charge is -2.43. The minimum atomic E-state index is -2.22. The number of hydrogen-bond donors (Lipinski definition) is 8. The van der Waals surface area contributed by atoms with Crippen LogP contribution in [-0.2, 0) is 14.2 Å². The minimum Gasteiger partial charge on any atom is -0.394 e. The Bertz CT molecular complexity index is 393. The molecular weight excluding hydrogens is 320 g/mol. The molecule has 0 spiro atoms. The maximum Gasteiger partial charge on any atom is 0.224 e. The molecule has 8 N–H and O–H groups in total. The van der Waals surface area contributed by atoms with Gasteiger partial charge in [0.25, 0.3) is 0 Å². The normalized spacial score (nSPS) is 51.1. The molecule has 11 nitrogen and oxygen atoms in total. The van der Waals surface area contributed by atoms with Gasteiger partial charge < -0.3 is 55.1 Å². The van der Waals surface area contributed by atoms with Gasteiger partial charge in [0.15, 0.2) is 6.29 Å². The van der Waals surface area contributed by atoms with Crippen LogP contribution in [0.1, 0.15) is 0 Å². The predicted octanol–water partition coefficient (Wildman–Crippen LogP) is -5.40. The van der Waals surface area contributed by atoms with Gasteiger partial charge in [0.2, 0.25) is 5.79 Å². The summed E-state index contributed by atoms with van der Waals surface area (Å²) in [5.41, 5.74) is 0. The Morgan fingerprint density at radius 1 is 0.783 bits per heavy atom. The van der Waals surface area contributed by atoms with E-state index in [1.165, 1.54) is 0 Å². The van der Waals surface area contributed by atoms with Gasteiger partial charge in [0.05, 0.1) is 13.2 Å². The highest BCUT2D eigenvalue weighted by atomic mass is 16.8. The largest absolute Gasteiger partial charge is 0.394 e. The Balaban J connectivity index is 2.18. The lowest BCUT2D eigenvalue weighted by atomic mass is 9.99. The highest BCUT2D eigenvalue weighted by molar-refractivity contribution is 4.98. The molecule has 9 atom stereocenters. The van der Waals surface area contributed by atoms with E-state index < -0.39 is 74.6 Å². The van der Waals surface area contributed by atoms with E-state index in [4.69, 9.17) is 24.4 Å². The molecule has 0 bridgehead atoms. The Hall–Kier alpha value is -0.440. The molecule has 2 aliphatic rings.